The van der Waals surface area contributed by atoms with Crippen LogP contribution in [0.3, 0.4) is 0 Å². The highest BCUT2D eigenvalue weighted by atomic mass is 16.6. The van der Waals surface area contributed by atoms with Crippen LogP contribution in [-0.2, 0) is 6.42 Å². The molecule has 132 valence electrons. The summed E-state index contributed by atoms with van der Waals surface area (Å²) in [5.74, 6) is 0.292. The maximum atomic E-state index is 12.6. The van der Waals surface area contributed by atoms with Crippen molar-refractivity contribution in [3.05, 3.63) is 80.3 Å². The minimum atomic E-state index is -0.681. The molecule has 3 aromatic rings. The van der Waals surface area contributed by atoms with Gasteiger partial charge in [0.05, 0.1) is 11.0 Å². The Balaban J connectivity index is 1.86. The van der Waals surface area contributed by atoms with Crippen LogP contribution in [0.1, 0.15) is 30.5 Å². The minimum absolute atomic E-state index is 0.0275. The molecule has 1 N–H and O–H groups in total. The molecule has 0 aliphatic heterocycles. The number of nitro groups is 1. The molecule has 0 unspecified atom stereocenters. The Hall–Kier alpha value is -3.22. The van der Waals surface area contributed by atoms with Crippen LogP contribution in [0.15, 0.2) is 53.5 Å². The van der Waals surface area contributed by atoms with Gasteiger partial charge in [-0.05, 0) is 42.0 Å². The number of pyridine rings is 1. The monoisotopic (exact) mass is 350 g/mol. The fourth-order valence-corrected chi connectivity index (χ4v) is 3.63. The molecule has 2 atom stereocenters. The van der Waals surface area contributed by atoms with Gasteiger partial charge in [0, 0.05) is 6.20 Å². The first-order chi connectivity index (χ1) is 12.6. The fraction of sp³-hybridized carbons (Fsp3) is 0.263. The quantitative estimate of drug-likeness (QED) is 0.578. The summed E-state index contributed by atoms with van der Waals surface area (Å²) in [7, 11) is 0. The van der Waals surface area contributed by atoms with E-state index in [0.29, 0.717) is 5.65 Å². The second-order valence-electron chi connectivity index (χ2n) is 6.64. The molecular weight excluding hydrogens is 332 g/mol. The first kappa shape index (κ1) is 16.3. The normalized spacial score (nSPS) is 19.1. The average molecular weight is 350 g/mol. The highest BCUT2D eigenvalue weighted by Crippen LogP contribution is 2.37. The number of anilines is 1. The van der Waals surface area contributed by atoms with E-state index in [2.05, 4.69) is 23.3 Å². The van der Waals surface area contributed by atoms with Gasteiger partial charge in [0.2, 0.25) is 5.82 Å². The van der Waals surface area contributed by atoms with Gasteiger partial charge in [-0.25, -0.2) is 4.98 Å². The zero-order valence-electron chi connectivity index (χ0n) is 14.3. The van der Waals surface area contributed by atoms with Crippen LogP contribution in [0.2, 0.25) is 0 Å². The predicted octanol–water partition coefficient (Wildman–Crippen LogP) is 3.34. The molecule has 0 spiro atoms. The Morgan fingerprint density at radius 2 is 2.00 bits per heavy atom. The zero-order chi connectivity index (χ0) is 18.3. The molecule has 26 heavy (non-hydrogen) atoms. The highest BCUT2D eigenvalue weighted by molar-refractivity contribution is 5.61. The number of rotatable bonds is 3. The number of benzene rings is 1. The van der Waals surface area contributed by atoms with Crippen molar-refractivity contribution in [2.75, 3.05) is 5.32 Å². The molecule has 2 aromatic heterocycles. The molecule has 2 heterocycles. The van der Waals surface area contributed by atoms with Crippen molar-refractivity contribution >= 4 is 17.2 Å². The summed E-state index contributed by atoms with van der Waals surface area (Å²) in [5.41, 5.74) is 1.50. The van der Waals surface area contributed by atoms with Crippen molar-refractivity contribution in [1.29, 1.82) is 0 Å². The third-order valence-electron chi connectivity index (χ3n) is 5.01. The van der Waals surface area contributed by atoms with E-state index in [1.807, 2.05) is 18.2 Å². The Morgan fingerprint density at radius 1 is 1.23 bits per heavy atom. The summed E-state index contributed by atoms with van der Waals surface area (Å²) < 4.78 is 1.20. The van der Waals surface area contributed by atoms with Gasteiger partial charge in [-0.1, -0.05) is 37.3 Å². The van der Waals surface area contributed by atoms with Crippen molar-refractivity contribution in [1.82, 2.24) is 9.38 Å². The van der Waals surface area contributed by atoms with Crippen LogP contribution in [0.25, 0.3) is 5.65 Å². The summed E-state index contributed by atoms with van der Waals surface area (Å²) in [6, 6.07) is 13.0. The number of hydrogen-bond acceptors (Lipinski definition) is 5. The standard InChI is InChI=1S/C19H18N4O3/c1-12-9-10-13-6-2-3-7-14(13)16(12)21-18-17(23(25)26)19(24)22-11-5-4-8-15(22)20-18/h2-8,11-12,16,21H,9-10H2,1H3/t12-,16-/m1/s1. The molecule has 0 saturated heterocycles. The van der Waals surface area contributed by atoms with E-state index in [1.165, 1.54) is 16.2 Å². The van der Waals surface area contributed by atoms with Crippen LogP contribution in [0, 0.1) is 16.0 Å². The Bertz CT molecular complexity index is 1060. The minimum Gasteiger partial charge on any atom is -0.357 e. The van der Waals surface area contributed by atoms with Gasteiger partial charge in [0.15, 0.2) is 0 Å². The maximum absolute atomic E-state index is 12.6. The van der Waals surface area contributed by atoms with Gasteiger partial charge in [0.1, 0.15) is 5.65 Å². The van der Waals surface area contributed by atoms with Crippen LogP contribution in [-0.4, -0.2) is 14.3 Å². The van der Waals surface area contributed by atoms with Gasteiger partial charge >= 0.3 is 11.2 Å². The lowest BCUT2D eigenvalue weighted by Crippen LogP contribution is -2.28. The van der Waals surface area contributed by atoms with Gasteiger partial charge < -0.3 is 5.32 Å². The Kier molecular flexibility index (Phi) is 3.91. The molecule has 1 aliphatic rings. The van der Waals surface area contributed by atoms with Crippen LogP contribution in [0.5, 0.6) is 0 Å². The first-order valence-corrected chi connectivity index (χ1v) is 8.56. The number of hydrogen-bond donors (Lipinski definition) is 1. The van der Waals surface area contributed by atoms with Crippen molar-refractivity contribution in [2.45, 2.75) is 25.8 Å². The predicted molar refractivity (Wildman–Crippen MR) is 98.4 cm³/mol. The Labute approximate surface area is 149 Å². The number of aryl methyl sites for hydroxylation is 1. The summed E-state index contributed by atoms with van der Waals surface area (Å²) in [6.45, 7) is 2.10. The second kappa shape index (κ2) is 6.25. The van der Waals surface area contributed by atoms with Gasteiger partial charge in [0.25, 0.3) is 0 Å². The molecule has 0 bridgehead atoms. The number of nitrogens with zero attached hydrogens (tertiary/aromatic N) is 3. The van der Waals surface area contributed by atoms with Gasteiger partial charge in [-0.2, -0.15) is 0 Å². The van der Waals surface area contributed by atoms with Crippen molar-refractivity contribution in [3.63, 3.8) is 0 Å². The molecule has 7 nitrogen and oxygen atoms in total. The van der Waals surface area contributed by atoms with Crippen LogP contribution in [0.4, 0.5) is 11.5 Å². The molecular formula is C19H18N4O3. The van der Waals surface area contributed by atoms with Gasteiger partial charge in [-0.3, -0.25) is 19.3 Å². The lowest BCUT2D eigenvalue weighted by molar-refractivity contribution is -0.385. The number of aromatic nitrogens is 2. The third-order valence-corrected chi connectivity index (χ3v) is 5.01. The third kappa shape index (κ3) is 2.61. The lowest BCUT2D eigenvalue weighted by Gasteiger charge is -2.32. The van der Waals surface area contributed by atoms with Crippen molar-refractivity contribution < 1.29 is 4.92 Å². The molecule has 0 radical (unpaired) electrons. The molecule has 1 aliphatic carbocycles. The highest BCUT2D eigenvalue weighted by Gasteiger charge is 2.31. The SMILES string of the molecule is C[C@@H]1CCc2ccccc2[C@@H]1Nc1nc2ccccn2c(=O)c1[N+](=O)[O-]. The fourth-order valence-electron chi connectivity index (χ4n) is 3.63. The zero-order valence-corrected chi connectivity index (χ0v) is 14.3. The second-order valence-corrected chi connectivity index (χ2v) is 6.64. The van der Waals surface area contributed by atoms with Crippen molar-refractivity contribution in [2.24, 2.45) is 5.92 Å². The van der Waals surface area contributed by atoms with Crippen molar-refractivity contribution in [3.8, 4) is 0 Å². The molecule has 4 rings (SSSR count). The van der Waals surface area contributed by atoms with E-state index in [4.69, 9.17) is 0 Å². The smallest absolute Gasteiger partial charge is 0.357 e. The molecule has 0 fully saturated rings. The lowest BCUT2D eigenvalue weighted by atomic mass is 9.80. The average Bonchev–Trinajstić information content (AvgIpc) is 2.64. The van der Waals surface area contributed by atoms with E-state index in [1.54, 1.807) is 18.2 Å². The molecule has 0 amide bonds. The van der Waals surface area contributed by atoms with Gasteiger partial charge in [-0.15, -0.1) is 0 Å². The largest absolute Gasteiger partial charge is 0.376 e. The summed E-state index contributed by atoms with van der Waals surface area (Å²) in [6.07, 6.45) is 3.43. The number of fused-ring (bicyclic) bond motifs is 2. The molecule has 7 heteroatoms. The topological polar surface area (TPSA) is 89.5 Å². The van der Waals surface area contributed by atoms with E-state index >= 15 is 0 Å². The van der Waals surface area contributed by atoms with E-state index in [9.17, 15) is 14.9 Å². The van der Waals surface area contributed by atoms with Crippen LogP contribution < -0.4 is 10.9 Å². The maximum Gasteiger partial charge on any atom is 0.376 e. The van der Waals surface area contributed by atoms with Crippen LogP contribution >= 0.6 is 0 Å². The summed E-state index contributed by atoms with van der Waals surface area (Å²) in [4.78, 5) is 27.9. The number of nitrogens with one attached hydrogen (secondary N) is 1. The van der Waals surface area contributed by atoms with E-state index in [0.717, 1.165) is 18.4 Å². The molecule has 1 aromatic carbocycles. The summed E-state index contributed by atoms with van der Waals surface area (Å²) >= 11 is 0. The van der Waals surface area contributed by atoms with E-state index < -0.39 is 16.2 Å². The van der Waals surface area contributed by atoms with E-state index in [-0.39, 0.29) is 17.8 Å². The summed E-state index contributed by atoms with van der Waals surface area (Å²) in [5, 5.41) is 14.8. The molecule has 0 saturated carbocycles. The first-order valence-electron chi connectivity index (χ1n) is 8.56. The Morgan fingerprint density at radius 3 is 2.81 bits per heavy atom.